The van der Waals surface area contributed by atoms with Crippen LogP contribution >= 0.6 is 15.9 Å². The van der Waals surface area contributed by atoms with Gasteiger partial charge in [-0.1, -0.05) is 28.1 Å². The van der Waals surface area contributed by atoms with Crippen LogP contribution < -0.4 is 10.1 Å². The van der Waals surface area contributed by atoms with Crippen LogP contribution in [0.5, 0.6) is 11.5 Å². The highest BCUT2D eigenvalue weighted by Crippen LogP contribution is 2.28. The number of halogens is 2. The zero-order valence-electron chi connectivity index (χ0n) is 10.8. The van der Waals surface area contributed by atoms with E-state index in [1.807, 2.05) is 31.3 Å². The predicted molar refractivity (Wildman–Crippen MR) is 78.1 cm³/mol. The van der Waals surface area contributed by atoms with Crippen LogP contribution in [0.4, 0.5) is 4.39 Å². The average molecular weight is 324 g/mol. The predicted octanol–water partition coefficient (Wildman–Crippen LogP) is 4.66. The Hall–Kier alpha value is -1.39. The largest absolute Gasteiger partial charge is 0.454 e. The fourth-order valence-corrected chi connectivity index (χ4v) is 2.01. The highest BCUT2D eigenvalue weighted by Gasteiger charge is 2.07. The molecule has 0 aromatic heterocycles. The third kappa shape index (κ3) is 3.55. The van der Waals surface area contributed by atoms with Gasteiger partial charge in [0, 0.05) is 10.5 Å². The summed E-state index contributed by atoms with van der Waals surface area (Å²) in [7, 11) is 1.91. The summed E-state index contributed by atoms with van der Waals surface area (Å²) in [4.78, 5) is 0. The topological polar surface area (TPSA) is 21.3 Å². The molecule has 0 radical (unpaired) electrons. The maximum absolute atomic E-state index is 13.6. The van der Waals surface area contributed by atoms with Crippen LogP contribution in [0, 0.1) is 5.82 Å². The first-order valence-corrected chi connectivity index (χ1v) is 6.79. The molecule has 0 aliphatic heterocycles. The van der Waals surface area contributed by atoms with Crippen LogP contribution in [-0.2, 0) is 0 Å². The van der Waals surface area contributed by atoms with E-state index < -0.39 is 0 Å². The molecule has 0 saturated carbocycles. The summed E-state index contributed by atoms with van der Waals surface area (Å²) in [5.41, 5.74) is 1.16. The number of rotatable bonds is 4. The molecule has 2 aromatic carbocycles. The number of ether oxygens (including phenoxy) is 1. The Bertz CT molecular complexity index is 557. The SMILES string of the molecule is CNC(C)c1ccc(Oc2cc(Br)ccc2F)cc1. The monoisotopic (exact) mass is 323 g/mol. The second kappa shape index (κ2) is 6.17. The van der Waals surface area contributed by atoms with Gasteiger partial charge in [-0.25, -0.2) is 4.39 Å². The molecule has 1 N–H and O–H groups in total. The molecule has 2 aromatic rings. The normalized spacial score (nSPS) is 12.2. The van der Waals surface area contributed by atoms with Gasteiger partial charge in [0.25, 0.3) is 0 Å². The maximum atomic E-state index is 13.6. The zero-order chi connectivity index (χ0) is 13.8. The van der Waals surface area contributed by atoms with Gasteiger partial charge in [0.15, 0.2) is 11.6 Å². The van der Waals surface area contributed by atoms with Gasteiger partial charge in [-0.3, -0.25) is 0 Å². The van der Waals surface area contributed by atoms with Crippen molar-refractivity contribution in [2.75, 3.05) is 7.05 Å². The van der Waals surface area contributed by atoms with Gasteiger partial charge in [-0.2, -0.15) is 0 Å². The molecular weight excluding hydrogens is 309 g/mol. The first kappa shape index (κ1) is 14.0. The van der Waals surface area contributed by atoms with E-state index in [9.17, 15) is 4.39 Å². The van der Waals surface area contributed by atoms with Crippen LogP contribution in [0.3, 0.4) is 0 Å². The van der Waals surface area contributed by atoms with Crippen molar-refractivity contribution in [3.8, 4) is 11.5 Å². The van der Waals surface area contributed by atoms with E-state index in [0.29, 0.717) is 5.75 Å². The first-order chi connectivity index (χ1) is 9.10. The molecule has 4 heteroatoms. The Morgan fingerprint density at radius 3 is 2.47 bits per heavy atom. The van der Waals surface area contributed by atoms with Gasteiger partial charge in [-0.05, 0) is 49.9 Å². The number of nitrogens with one attached hydrogen (secondary N) is 1. The van der Waals surface area contributed by atoms with Crippen molar-refractivity contribution in [2.24, 2.45) is 0 Å². The van der Waals surface area contributed by atoms with Gasteiger partial charge >= 0.3 is 0 Å². The molecule has 100 valence electrons. The Morgan fingerprint density at radius 1 is 1.16 bits per heavy atom. The van der Waals surface area contributed by atoms with E-state index in [4.69, 9.17) is 4.74 Å². The van der Waals surface area contributed by atoms with Gasteiger partial charge in [0.1, 0.15) is 5.75 Å². The van der Waals surface area contributed by atoms with Crippen LogP contribution in [-0.4, -0.2) is 7.05 Å². The maximum Gasteiger partial charge on any atom is 0.165 e. The van der Waals surface area contributed by atoms with Crippen molar-refractivity contribution < 1.29 is 9.13 Å². The smallest absolute Gasteiger partial charge is 0.165 e. The fourth-order valence-electron chi connectivity index (χ4n) is 1.67. The lowest BCUT2D eigenvalue weighted by molar-refractivity contribution is 0.441. The van der Waals surface area contributed by atoms with E-state index >= 15 is 0 Å². The Kier molecular flexibility index (Phi) is 4.56. The summed E-state index contributed by atoms with van der Waals surface area (Å²) < 4.78 is 19.9. The molecule has 1 unspecified atom stereocenters. The lowest BCUT2D eigenvalue weighted by Gasteiger charge is -2.12. The van der Waals surface area contributed by atoms with Gasteiger partial charge in [-0.15, -0.1) is 0 Å². The van der Waals surface area contributed by atoms with Gasteiger partial charge in [0.05, 0.1) is 0 Å². The summed E-state index contributed by atoms with van der Waals surface area (Å²) in [5, 5.41) is 3.16. The molecular formula is C15H15BrFNO. The van der Waals surface area contributed by atoms with Crippen molar-refractivity contribution in [1.82, 2.24) is 5.32 Å². The molecule has 2 nitrogen and oxygen atoms in total. The van der Waals surface area contributed by atoms with E-state index in [0.717, 1.165) is 10.0 Å². The van der Waals surface area contributed by atoms with Crippen LogP contribution in [0.1, 0.15) is 18.5 Å². The molecule has 0 bridgehead atoms. The molecule has 2 rings (SSSR count). The number of hydrogen-bond acceptors (Lipinski definition) is 2. The highest BCUT2D eigenvalue weighted by molar-refractivity contribution is 9.10. The zero-order valence-corrected chi connectivity index (χ0v) is 12.4. The number of benzene rings is 2. The van der Waals surface area contributed by atoms with Crippen LogP contribution in [0.2, 0.25) is 0 Å². The molecule has 0 aliphatic carbocycles. The minimum Gasteiger partial charge on any atom is -0.454 e. The summed E-state index contributed by atoms with van der Waals surface area (Å²) in [6.07, 6.45) is 0. The van der Waals surface area contributed by atoms with Crippen LogP contribution in [0.25, 0.3) is 0 Å². The molecule has 0 aliphatic rings. The van der Waals surface area contributed by atoms with E-state index in [1.165, 1.54) is 6.07 Å². The molecule has 0 heterocycles. The van der Waals surface area contributed by atoms with E-state index in [1.54, 1.807) is 12.1 Å². The fraction of sp³-hybridized carbons (Fsp3) is 0.200. The average Bonchev–Trinajstić information content (AvgIpc) is 2.43. The Balaban J connectivity index is 2.17. The van der Waals surface area contributed by atoms with Crippen molar-refractivity contribution in [1.29, 1.82) is 0 Å². The van der Waals surface area contributed by atoms with Gasteiger partial charge < -0.3 is 10.1 Å². The first-order valence-electron chi connectivity index (χ1n) is 6.00. The lowest BCUT2D eigenvalue weighted by Crippen LogP contribution is -2.11. The molecule has 0 saturated heterocycles. The third-order valence-electron chi connectivity index (χ3n) is 2.93. The summed E-state index contributed by atoms with van der Waals surface area (Å²) >= 11 is 3.29. The quantitative estimate of drug-likeness (QED) is 0.883. The molecule has 19 heavy (non-hydrogen) atoms. The minimum atomic E-state index is -0.379. The standard InChI is InChI=1S/C15H15BrFNO/c1-10(18-2)11-3-6-13(7-4-11)19-15-9-12(16)5-8-14(15)17/h3-10,18H,1-2H3. The summed E-state index contributed by atoms with van der Waals surface area (Å²) in [5.74, 6) is 0.448. The van der Waals surface area contributed by atoms with Crippen LogP contribution in [0.15, 0.2) is 46.9 Å². The second-order valence-electron chi connectivity index (χ2n) is 4.26. The number of hydrogen-bond donors (Lipinski definition) is 1. The molecule has 1 atom stereocenters. The summed E-state index contributed by atoms with van der Waals surface area (Å²) in [6.45, 7) is 2.07. The molecule has 0 amide bonds. The van der Waals surface area contributed by atoms with Crippen molar-refractivity contribution in [2.45, 2.75) is 13.0 Å². The summed E-state index contributed by atoms with van der Waals surface area (Å²) in [6, 6.07) is 12.5. The lowest BCUT2D eigenvalue weighted by atomic mass is 10.1. The van der Waals surface area contributed by atoms with Crippen molar-refractivity contribution in [3.05, 3.63) is 58.3 Å². The van der Waals surface area contributed by atoms with Crippen molar-refractivity contribution >= 4 is 15.9 Å². The Morgan fingerprint density at radius 2 is 1.84 bits per heavy atom. The second-order valence-corrected chi connectivity index (χ2v) is 5.17. The van der Waals surface area contributed by atoms with Crippen molar-refractivity contribution in [3.63, 3.8) is 0 Å². The molecule has 0 fully saturated rings. The molecule has 0 spiro atoms. The van der Waals surface area contributed by atoms with E-state index in [-0.39, 0.29) is 17.6 Å². The van der Waals surface area contributed by atoms with E-state index in [2.05, 4.69) is 28.2 Å². The minimum absolute atomic E-state index is 0.212. The van der Waals surface area contributed by atoms with Gasteiger partial charge in [0.2, 0.25) is 0 Å². The third-order valence-corrected chi connectivity index (χ3v) is 3.43. The Labute approximate surface area is 120 Å². The highest BCUT2D eigenvalue weighted by atomic mass is 79.9.